The molecule has 0 radical (unpaired) electrons. The number of amides is 2. The van der Waals surface area contributed by atoms with Crippen LogP contribution >= 0.6 is 0 Å². The molecule has 9 nitrogen and oxygen atoms in total. The second-order valence-corrected chi connectivity index (χ2v) is 4.80. The number of nitro benzene ring substituents is 1. The SMILES string of the molecule is COCC(=O)N/N=C(/C)CC(=O)Nc1cc([N+](=O)[O-])ccc1C. The van der Waals surface area contributed by atoms with Crippen LogP contribution in [0.1, 0.15) is 18.9 Å². The lowest BCUT2D eigenvalue weighted by Gasteiger charge is -2.08. The Hall–Kier alpha value is -2.81. The summed E-state index contributed by atoms with van der Waals surface area (Å²) in [5.41, 5.74) is 3.58. The van der Waals surface area contributed by atoms with Crippen molar-refractivity contribution in [2.45, 2.75) is 20.3 Å². The molecule has 0 fully saturated rings. The van der Waals surface area contributed by atoms with Crippen LogP contribution in [0.5, 0.6) is 0 Å². The molecule has 2 N–H and O–H groups in total. The maximum atomic E-state index is 11.9. The summed E-state index contributed by atoms with van der Waals surface area (Å²) in [6, 6.07) is 4.21. The number of anilines is 1. The van der Waals surface area contributed by atoms with Crippen molar-refractivity contribution in [2.75, 3.05) is 19.0 Å². The van der Waals surface area contributed by atoms with Crippen molar-refractivity contribution in [3.63, 3.8) is 0 Å². The summed E-state index contributed by atoms with van der Waals surface area (Å²) in [7, 11) is 1.38. The largest absolute Gasteiger partial charge is 0.375 e. The summed E-state index contributed by atoms with van der Waals surface area (Å²) in [5, 5.41) is 17.1. The maximum Gasteiger partial charge on any atom is 0.271 e. The topological polar surface area (TPSA) is 123 Å². The second kappa shape index (κ2) is 8.59. The number of aryl methyl sites for hydroxylation is 1. The molecule has 0 spiro atoms. The Bertz CT molecular complexity index is 642. The zero-order chi connectivity index (χ0) is 17.4. The fraction of sp³-hybridized carbons (Fsp3) is 0.357. The molecule has 0 saturated heterocycles. The van der Waals surface area contributed by atoms with Gasteiger partial charge in [-0.05, 0) is 19.4 Å². The van der Waals surface area contributed by atoms with E-state index < -0.39 is 16.7 Å². The van der Waals surface area contributed by atoms with E-state index in [1.807, 2.05) is 0 Å². The van der Waals surface area contributed by atoms with Crippen LogP contribution in [0.25, 0.3) is 0 Å². The summed E-state index contributed by atoms with van der Waals surface area (Å²) < 4.78 is 4.62. The summed E-state index contributed by atoms with van der Waals surface area (Å²) >= 11 is 0. The van der Waals surface area contributed by atoms with Gasteiger partial charge in [-0.1, -0.05) is 6.07 Å². The molecule has 0 heterocycles. The molecule has 23 heavy (non-hydrogen) atoms. The van der Waals surface area contributed by atoms with Gasteiger partial charge in [0.1, 0.15) is 6.61 Å². The number of hydrogen-bond acceptors (Lipinski definition) is 6. The fourth-order valence-electron chi connectivity index (χ4n) is 1.65. The van der Waals surface area contributed by atoms with Gasteiger partial charge in [0.05, 0.1) is 17.0 Å². The molecule has 0 bridgehead atoms. The van der Waals surface area contributed by atoms with Gasteiger partial charge in [0.2, 0.25) is 5.91 Å². The van der Waals surface area contributed by atoms with Gasteiger partial charge in [0, 0.05) is 25.0 Å². The van der Waals surface area contributed by atoms with Crippen LogP contribution in [-0.2, 0) is 14.3 Å². The maximum absolute atomic E-state index is 11.9. The van der Waals surface area contributed by atoms with Crippen molar-refractivity contribution in [3.05, 3.63) is 33.9 Å². The number of nitrogens with zero attached hydrogens (tertiary/aromatic N) is 2. The minimum absolute atomic E-state index is 0.0601. The monoisotopic (exact) mass is 322 g/mol. The van der Waals surface area contributed by atoms with Gasteiger partial charge in [-0.25, -0.2) is 5.43 Å². The second-order valence-electron chi connectivity index (χ2n) is 4.80. The number of carbonyl (C=O) groups excluding carboxylic acids is 2. The lowest BCUT2D eigenvalue weighted by molar-refractivity contribution is -0.384. The third-order valence-electron chi connectivity index (χ3n) is 2.77. The highest BCUT2D eigenvalue weighted by atomic mass is 16.6. The molecule has 0 aromatic heterocycles. The number of nitrogens with one attached hydrogen (secondary N) is 2. The minimum Gasteiger partial charge on any atom is -0.375 e. The predicted molar refractivity (Wildman–Crippen MR) is 84.2 cm³/mol. The summed E-state index contributed by atoms with van der Waals surface area (Å²) in [6.07, 6.45) is -0.0601. The highest BCUT2D eigenvalue weighted by Gasteiger charge is 2.12. The zero-order valence-corrected chi connectivity index (χ0v) is 13.1. The standard InChI is InChI=1S/C14H18N4O5/c1-9-4-5-11(18(21)22)7-12(9)15-13(19)6-10(2)16-17-14(20)8-23-3/h4-5,7H,6,8H2,1-3H3,(H,15,19)(H,17,20)/b16-10-. The van der Waals surface area contributed by atoms with Crippen LogP contribution < -0.4 is 10.7 Å². The summed E-state index contributed by atoms with van der Waals surface area (Å²) in [6.45, 7) is 3.17. The molecule has 9 heteroatoms. The van der Waals surface area contributed by atoms with E-state index >= 15 is 0 Å². The fourth-order valence-corrected chi connectivity index (χ4v) is 1.65. The molecular formula is C14H18N4O5. The van der Waals surface area contributed by atoms with Gasteiger partial charge in [0.25, 0.3) is 11.6 Å². The van der Waals surface area contributed by atoms with Gasteiger partial charge in [0.15, 0.2) is 0 Å². The highest BCUT2D eigenvalue weighted by Crippen LogP contribution is 2.21. The molecule has 1 aromatic carbocycles. The molecular weight excluding hydrogens is 304 g/mol. The van der Waals surface area contributed by atoms with Gasteiger partial charge >= 0.3 is 0 Å². The van der Waals surface area contributed by atoms with Gasteiger partial charge < -0.3 is 10.1 Å². The third kappa shape index (κ3) is 6.22. The number of hydrazone groups is 1. The number of benzene rings is 1. The van der Waals surface area contributed by atoms with Crippen molar-refractivity contribution in [1.82, 2.24) is 5.43 Å². The van der Waals surface area contributed by atoms with E-state index in [9.17, 15) is 19.7 Å². The first-order chi connectivity index (χ1) is 10.8. The molecule has 0 aliphatic carbocycles. The minimum atomic E-state index is -0.535. The number of methoxy groups -OCH3 is 1. The van der Waals surface area contributed by atoms with E-state index in [0.29, 0.717) is 17.0 Å². The number of non-ortho nitro benzene ring substituents is 1. The van der Waals surface area contributed by atoms with Crippen LogP contribution in [0.2, 0.25) is 0 Å². The van der Waals surface area contributed by atoms with Crippen LogP contribution in [0.3, 0.4) is 0 Å². The van der Waals surface area contributed by atoms with Crippen LogP contribution in [0.4, 0.5) is 11.4 Å². The molecule has 1 aromatic rings. The van der Waals surface area contributed by atoms with E-state index in [1.165, 1.54) is 19.2 Å². The molecule has 124 valence electrons. The molecule has 0 unspecified atom stereocenters. The van der Waals surface area contributed by atoms with E-state index in [0.717, 1.165) is 0 Å². The molecule has 0 atom stereocenters. The number of ether oxygens (including phenoxy) is 1. The van der Waals surface area contributed by atoms with Crippen LogP contribution in [0, 0.1) is 17.0 Å². The van der Waals surface area contributed by atoms with E-state index in [1.54, 1.807) is 19.9 Å². The normalized spacial score (nSPS) is 11.0. The highest BCUT2D eigenvalue weighted by molar-refractivity contribution is 6.06. The van der Waals surface area contributed by atoms with E-state index in [-0.39, 0.29) is 18.7 Å². The first-order valence-electron chi connectivity index (χ1n) is 6.69. The molecule has 2 amide bonds. The van der Waals surface area contributed by atoms with Crippen molar-refractivity contribution < 1.29 is 19.2 Å². The first-order valence-corrected chi connectivity index (χ1v) is 6.69. The number of nitro groups is 1. The van der Waals surface area contributed by atoms with Gasteiger partial charge in [-0.3, -0.25) is 19.7 Å². The Morgan fingerprint density at radius 1 is 1.35 bits per heavy atom. The smallest absolute Gasteiger partial charge is 0.271 e. The number of hydrogen-bond donors (Lipinski definition) is 2. The van der Waals surface area contributed by atoms with Crippen LogP contribution in [0.15, 0.2) is 23.3 Å². The molecule has 0 saturated carbocycles. The van der Waals surface area contributed by atoms with Gasteiger partial charge in [-0.15, -0.1) is 0 Å². The summed E-state index contributed by atoms with van der Waals surface area (Å²) in [4.78, 5) is 33.3. The third-order valence-corrected chi connectivity index (χ3v) is 2.77. The first kappa shape index (κ1) is 18.2. The Kier molecular flexibility index (Phi) is 6.81. The quantitative estimate of drug-likeness (QED) is 0.446. The molecule has 0 aliphatic rings. The van der Waals surface area contributed by atoms with E-state index in [2.05, 4.69) is 20.6 Å². The lowest BCUT2D eigenvalue weighted by Crippen LogP contribution is -2.24. The van der Waals surface area contributed by atoms with Crippen molar-refractivity contribution >= 4 is 28.9 Å². The average molecular weight is 322 g/mol. The number of rotatable bonds is 7. The van der Waals surface area contributed by atoms with Crippen molar-refractivity contribution in [2.24, 2.45) is 5.10 Å². The van der Waals surface area contributed by atoms with E-state index in [4.69, 9.17) is 0 Å². The lowest BCUT2D eigenvalue weighted by atomic mass is 10.1. The van der Waals surface area contributed by atoms with Crippen molar-refractivity contribution in [1.29, 1.82) is 0 Å². The zero-order valence-electron chi connectivity index (χ0n) is 13.1. The van der Waals surface area contributed by atoms with Crippen LogP contribution in [-0.4, -0.2) is 36.2 Å². The Morgan fingerprint density at radius 3 is 2.65 bits per heavy atom. The predicted octanol–water partition coefficient (Wildman–Crippen LogP) is 1.37. The average Bonchev–Trinajstić information content (AvgIpc) is 2.47. The number of carbonyl (C=O) groups is 2. The molecule has 1 rings (SSSR count). The summed E-state index contributed by atoms with van der Waals surface area (Å²) in [5.74, 6) is -0.822. The Labute approximate surface area is 132 Å². The van der Waals surface area contributed by atoms with Crippen molar-refractivity contribution in [3.8, 4) is 0 Å². The Balaban J connectivity index is 2.66. The molecule has 0 aliphatic heterocycles. The Morgan fingerprint density at radius 2 is 2.04 bits per heavy atom. The van der Waals surface area contributed by atoms with Gasteiger partial charge in [-0.2, -0.15) is 5.10 Å².